The molecule has 11 heteroatoms. The molecule has 4 rings (SSSR count). The molecule has 1 atom stereocenters. The maximum absolute atomic E-state index is 13.3. The van der Waals surface area contributed by atoms with Crippen molar-refractivity contribution in [3.63, 3.8) is 0 Å². The van der Waals surface area contributed by atoms with Crippen molar-refractivity contribution < 1.29 is 31.5 Å². The van der Waals surface area contributed by atoms with Crippen LogP contribution in [0.3, 0.4) is 0 Å². The van der Waals surface area contributed by atoms with Crippen molar-refractivity contribution in [2.24, 2.45) is 0 Å². The van der Waals surface area contributed by atoms with Gasteiger partial charge in [0.2, 0.25) is 10.0 Å². The molecule has 2 aromatic carbocycles. The molecule has 0 bridgehead atoms. The normalized spacial score (nSPS) is 16.4. The monoisotopic (exact) mass is 493 g/mol. The van der Waals surface area contributed by atoms with E-state index in [0.29, 0.717) is 41.6 Å². The van der Waals surface area contributed by atoms with Crippen LogP contribution >= 0.6 is 0 Å². The molecule has 34 heavy (non-hydrogen) atoms. The zero-order chi connectivity index (χ0) is 24.7. The predicted molar refractivity (Wildman–Crippen MR) is 117 cm³/mol. The van der Waals surface area contributed by atoms with Crippen LogP contribution < -0.4 is 0 Å². The Balaban J connectivity index is 1.60. The fourth-order valence-electron chi connectivity index (χ4n) is 4.27. The zero-order valence-electron chi connectivity index (χ0n) is 18.2. The van der Waals surface area contributed by atoms with E-state index in [9.17, 15) is 26.4 Å². The van der Waals surface area contributed by atoms with E-state index < -0.39 is 33.8 Å². The number of benzene rings is 2. The summed E-state index contributed by atoms with van der Waals surface area (Å²) in [6, 6.07) is 10.0. The van der Waals surface area contributed by atoms with E-state index >= 15 is 0 Å². The lowest BCUT2D eigenvalue weighted by Gasteiger charge is -2.31. The van der Waals surface area contributed by atoms with Crippen LogP contribution in [0.25, 0.3) is 11.1 Å². The molecule has 1 aliphatic carbocycles. The number of nitrogens with zero attached hydrogens (tertiary/aromatic N) is 3. The number of carboxylic acids is 1. The van der Waals surface area contributed by atoms with E-state index in [1.54, 1.807) is 0 Å². The van der Waals surface area contributed by atoms with Gasteiger partial charge < -0.3 is 5.11 Å². The third kappa shape index (κ3) is 4.58. The van der Waals surface area contributed by atoms with Gasteiger partial charge in [-0.2, -0.15) is 22.6 Å². The van der Waals surface area contributed by atoms with Crippen LogP contribution in [0, 0.1) is 0 Å². The topological polar surface area (TPSA) is 92.5 Å². The van der Waals surface area contributed by atoms with Crippen molar-refractivity contribution in [2.75, 3.05) is 7.05 Å². The van der Waals surface area contributed by atoms with Crippen LogP contribution in [0.4, 0.5) is 13.2 Å². The Kier molecular flexibility index (Phi) is 6.26. The van der Waals surface area contributed by atoms with Crippen molar-refractivity contribution in [2.45, 2.75) is 42.9 Å². The number of hydrogen-bond donors (Lipinski definition) is 1. The van der Waals surface area contributed by atoms with Crippen molar-refractivity contribution in [3.8, 4) is 11.1 Å². The first-order valence-corrected chi connectivity index (χ1v) is 11.9. The Hall–Kier alpha value is -3.18. The molecule has 0 saturated carbocycles. The highest BCUT2D eigenvalue weighted by molar-refractivity contribution is 7.89. The first-order valence-electron chi connectivity index (χ1n) is 10.5. The van der Waals surface area contributed by atoms with Crippen molar-refractivity contribution in [1.29, 1.82) is 0 Å². The number of fused-ring (bicyclic) bond motifs is 1. The molecular formula is C23H22F3N3O4S. The highest BCUT2D eigenvalue weighted by atomic mass is 32.2. The van der Waals surface area contributed by atoms with E-state index in [0.717, 1.165) is 12.1 Å². The second-order valence-corrected chi connectivity index (χ2v) is 10.1. The van der Waals surface area contributed by atoms with Gasteiger partial charge in [-0.05, 0) is 54.7 Å². The third-order valence-corrected chi connectivity index (χ3v) is 7.89. The fourth-order valence-corrected chi connectivity index (χ4v) is 5.63. The average Bonchev–Trinajstić information content (AvgIpc) is 3.20. The van der Waals surface area contributed by atoms with Crippen molar-refractivity contribution >= 4 is 16.0 Å². The number of halogens is 3. The number of alkyl halides is 3. The summed E-state index contributed by atoms with van der Waals surface area (Å²) in [6.07, 6.45) is -1.11. The van der Waals surface area contributed by atoms with Gasteiger partial charge in [0, 0.05) is 18.3 Å². The summed E-state index contributed by atoms with van der Waals surface area (Å²) < 4.78 is 68.3. The van der Waals surface area contributed by atoms with E-state index in [1.165, 1.54) is 58.6 Å². The number of aliphatic carboxylic acids is 1. The average molecular weight is 494 g/mol. The third-order valence-electron chi connectivity index (χ3n) is 6.01. The molecule has 1 aromatic heterocycles. The number of carbonyl (C=O) groups is 1. The Bertz CT molecular complexity index is 1320. The molecule has 1 heterocycles. The van der Waals surface area contributed by atoms with Crippen molar-refractivity contribution in [1.82, 2.24) is 14.1 Å². The van der Waals surface area contributed by atoms with Gasteiger partial charge in [0.1, 0.15) is 6.54 Å². The van der Waals surface area contributed by atoms with Gasteiger partial charge in [0.15, 0.2) is 0 Å². The predicted octanol–water partition coefficient (Wildman–Crippen LogP) is 4.35. The molecule has 0 saturated heterocycles. The SMILES string of the molecule is CN([C@@H]1CCCc2c1cnn2CC(=O)O)S(=O)(=O)c1ccc(-c2cccc(C(F)(F)F)c2)cc1. The Morgan fingerprint density at radius 1 is 1.18 bits per heavy atom. The molecule has 180 valence electrons. The summed E-state index contributed by atoms with van der Waals surface area (Å²) in [5, 5.41) is 13.2. The summed E-state index contributed by atoms with van der Waals surface area (Å²) >= 11 is 0. The Morgan fingerprint density at radius 2 is 1.88 bits per heavy atom. The molecule has 0 spiro atoms. The van der Waals surface area contributed by atoms with Crippen LogP contribution in [-0.2, 0) is 34.0 Å². The van der Waals surface area contributed by atoms with Crippen LogP contribution in [0.1, 0.15) is 35.7 Å². The summed E-state index contributed by atoms with van der Waals surface area (Å²) in [6.45, 7) is -0.296. The lowest BCUT2D eigenvalue weighted by molar-refractivity contribution is -0.138. The smallest absolute Gasteiger partial charge is 0.416 e. The maximum Gasteiger partial charge on any atom is 0.416 e. The quantitative estimate of drug-likeness (QED) is 0.551. The number of rotatable bonds is 6. The molecule has 0 unspecified atom stereocenters. The molecule has 0 aliphatic heterocycles. The first-order chi connectivity index (χ1) is 16.0. The molecular weight excluding hydrogens is 471 g/mol. The van der Waals surface area contributed by atoms with Gasteiger partial charge in [-0.15, -0.1) is 0 Å². The highest BCUT2D eigenvalue weighted by Crippen LogP contribution is 2.37. The van der Waals surface area contributed by atoms with Gasteiger partial charge in [-0.25, -0.2) is 8.42 Å². The minimum Gasteiger partial charge on any atom is -0.480 e. The van der Waals surface area contributed by atoms with Crippen LogP contribution in [0.5, 0.6) is 0 Å². The Morgan fingerprint density at radius 3 is 2.53 bits per heavy atom. The highest BCUT2D eigenvalue weighted by Gasteiger charge is 2.34. The molecule has 0 amide bonds. The summed E-state index contributed by atoms with van der Waals surface area (Å²) in [7, 11) is -2.46. The number of sulfonamides is 1. The minimum absolute atomic E-state index is 0.00998. The van der Waals surface area contributed by atoms with E-state index in [1.807, 2.05) is 0 Å². The van der Waals surface area contributed by atoms with Gasteiger partial charge in [0.25, 0.3) is 0 Å². The van der Waals surface area contributed by atoms with Crippen molar-refractivity contribution in [3.05, 3.63) is 71.5 Å². The van der Waals surface area contributed by atoms with E-state index in [4.69, 9.17) is 5.11 Å². The zero-order valence-corrected chi connectivity index (χ0v) is 19.0. The number of aromatic nitrogens is 2. The van der Waals surface area contributed by atoms with Gasteiger partial charge in [-0.1, -0.05) is 24.3 Å². The van der Waals surface area contributed by atoms with E-state index in [2.05, 4.69) is 5.10 Å². The van der Waals surface area contributed by atoms with Gasteiger partial charge in [0.05, 0.1) is 22.7 Å². The largest absolute Gasteiger partial charge is 0.480 e. The first kappa shape index (κ1) is 24.0. The van der Waals surface area contributed by atoms with E-state index in [-0.39, 0.29) is 11.4 Å². The lowest BCUT2D eigenvalue weighted by Crippen LogP contribution is -2.33. The number of carboxylic acid groups (broad SMARTS) is 1. The molecule has 0 fully saturated rings. The van der Waals surface area contributed by atoms with Crippen LogP contribution in [-0.4, -0.2) is 40.6 Å². The maximum atomic E-state index is 13.3. The summed E-state index contributed by atoms with van der Waals surface area (Å²) in [5.74, 6) is -1.03. The molecule has 1 N–H and O–H groups in total. The minimum atomic E-state index is -4.47. The molecule has 3 aromatic rings. The standard InChI is InChI=1S/C23H22F3N3O4S/c1-28(20-6-3-7-21-19(20)13-27-29(21)14-22(30)31)34(32,33)18-10-8-15(9-11-18)16-4-2-5-17(12-16)23(24,25)26/h2,4-5,8-13,20H,3,6-7,14H2,1H3,(H,30,31)/t20-/m1/s1. The molecule has 1 aliphatic rings. The molecule has 0 radical (unpaired) electrons. The molecule has 7 nitrogen and oxygen atoms in total. The number of hydrogen-bond acceptors (Lipinski definition) is 4. The van der Waals surface area contributed by atoms with Gasteiger partial charge in [-0.3, -0.25) is 9.48 Å². The van der Waals surface area contributed by atoms with Crippen LogP contribution in [0.2, 0.25) is 0 Å². The second kappa shape index (κ2) is 8.88. The lowest BCUT2D eigenvalue weighted by atomic mass is 9.93. The Labute approximate surface area is 194 Å². The summed E-state index contributed by atoms with van der Waals surface area (Å²) in [4.78, 5) is 11.1. The van der Waals surface area contributed by atoms with Crippen LogP contribution in [0.15, 0.2) is 59.6 Å². The summed E-state index contributed by atoms with van der Waals surface area (Å²) in [5.41, 5.74) is 1.40. The van der Waals surface area contributed by atoms with Gasteiger partial charge >= 0.3 is 12.1 Å². The fraction of sp³-hybridized carbons (Fsp3) is 0.304. The second-order valence-electron chi connectivity index (χ2n) is 8.13.